The number of amides is 1. The van der Waals surface area contributed by atoms with Gasteiger partial charge in [-0.05, 0) is 86.0 Å². The van der Waals surface area contributed by atoms with E-state index in [9.17, 15) is 9.59 Å². The van der Waals surface area contributed by atoms with Crippen molar-refractivity contribution in [1.82, 2.24) is 0 Å². The van der Waals surface area contributed by atoms with Crippen molar-refractivity contribution in [2.75, 3.05) is 11.9 Å². The highest BCUT2D eigenvalue weighted by atomic mass is 32.2. The van der Waals surface area contributed by atoms with Gasteiger partial charge in [-0.2, -0.15) is 5.26 Å². The lowest BCUT2D eigenvalue weighted by Gasteiger charge is -2.13. The number of esters is 1. The molecule has 0 aliphatic heterocycles. The number of carbonyl (C=O) groups is 2. The minimum Gasteiger partial charge on any atom is -0.452 e. The van der Waals surface area contributed by atoms with Crippen molar-refractivity contribution in [3.8, 4) is 5.40 Å². The number of hydrogen-bond acceptors (Lipinski definition) is 5. The summed E-state index contributed by atoms with van der Waals surface area (Å²) in [4.78, 5) is 25.0. The third kappa shape index (κ3) is 4.87. The molecule has 0 fully saturated rings. The van der Waals surface area contributed by atoms with E-state index in [0.717, 1.165) is 38.9 Å². The van der Waals surface area contributed by atoms with Gasteiger partial charge in [-0.15, -0.1) is 0 Å². The van der Waals surface area contributed by atoms with Gasteiger partial charge in [-0.25, -0.2) is 4.79 Å². The van der Waals surface area contributed by atoms with E-state index in [1.165, 1.54) is 0 Å². The van der Waals surface area contributed by atoms with Gasteiger partial charge in [-0.1, -0.05) is 6.07 Å². The third-order valence-electron chi connectivity index (χ3n) is 4.01. The second-order valence-electron chi connectivity index (χ2n) is 6.05. The van der Waals surface area contributed by atoms with Crippen LogP contribution in [0.2, 0.25) is 0 Å². The Morgan fingerprint density at radius 2 is 1.69 bits per heavy atom. The van der Waals surface area contributed by atoms with E-state index in [2.05, 4.69) is 5.32 Å². The molecule has 1 amide bonds. The minimum atomic E-state index is -0.530. The number of benzene rings is 2. The number of ether oxygens (including phenoxy) is 1. The summed E-state index contributed by atoms with van der Waals surface area (Å²) in [5.74, 6) is -0.938. The van der Waals surface area contributed by atoms with Gasteiger partial charge >= 0.3 is 5.97 Å². The van der Waals surface area contributed by atoms with Crippen LogP contribution in [-0.4, -0.2) is 18.5 Å². The Hall–Kier alpha value is -2.78. The highest BCUT2D eigenvalue weighted by molar-refractivity contribution is 8.03. The molecule has 0 aliphatic rings. The number of thioether (sulfide) groups is 1. The summed E-state index contributed by atoms with van der Waals surface area (Å²) >= 11 is 1.07. The van der Waals surface area contributed by atoms with Gasteiger partial charge in [0.15, 0.2) is 6.61 Å². The Bertz CT molecular complexity index is 877. The van der Waals surface area contributed by atoms with E-state index in [0.29, 0.717) is 11.3 Å². The topological polar surface area (TPSA) is 79.2 Å². The fraction of sp³-hybridized carbons (Fsp3) is 0.250. The Morgan fingerprint density at radius 1 is 1.04 bits per heavy atom. The van der Waals surface area contributed by atoms with Crippen LogP contribution in [0, 0.1) is 38.4 Å². The predicted molar refractivity (Wildman–Crippen MR) is 102 cm³/mol. The molecule has 1 N–H and O–H groups in total. The summed E-state index contributed by atoms with van der Waals surface area (Å²) in [6.45, 7) is 7.22. The van der Waals surface area contributed by atoms with Crippen LogP contribution in [0.1, 0.15) is 32.6 Å². The Kier molecular flexibility index (Phi) is 6.42. The molecule has 0 saturated carbocycles. The van der Waals surface area contributed by atoms with E-state index in [4.69, 9.17) is 10.00 Å². The number of anilines is 1. The molecule has 2 aromatic carbocycles. The molecule has 2 aromatic rings. The van der Waals surface area contributed by atoms with E-state index < -0.39 is 11.9 Å². The van der Waals surface area contributed by atoms with Crippen LogP contribution in [0.3, 0.4) is 0 Å². The second kappa shape index (κ2) is 8.54. The summed E-state index contributed by atoms with van der Waals surface area (Å²) in [6.07, 6.45) is 0. The van der Waals surface area contributed by atoms with Crippen molar-refractivity contribution >= 4 is 29.3 Å². The number of nitrogens with zero attached hydrogens (tertiary/aromatic N) is 1. The number of nitrogens with one attached hydrogen (secondary N) is 1. The number of nitriles is 1. The molecule has 5 nitrogen and oxygen atoms in total. The van der Waals surface area contributed by atoms with Crippen LogP contribution < -0.4 is 5.32 Å². The number of rotatable bonds is 5. The van der Waals surface area contributed by atoms with Gasteiger partial charge in [0.1, 0.15) is 5.40 Å². The van der Waals surface area contributed by atoms with Crippen LogP contribution in [0.25, 0.3) is 0 Å². The van der Waals surface area contributed by atoms with Crippen molar-refractivity contribution in [3.63, 3.8) is 0 Å². The first-order valence-electron chi connectivity index (χ1n) is 8.03. The largest absolute Gasteiger partial charge is 0.452 e. The highest BCUT2D eigenvalue weighted by Gasteiger charge is 2.13. The van der Waals surface area contributed by atoms with E-state index >= 15 is 0 Å². The zero-order valence-electron chi connectivity index (χ0n) is 15.2. The molecule has 0 unspecified atom stereocenters. The molecular weight excluding hydrogens is 348 g/mol. The first-order chi connectivity index (χ1) is 12.3. The maximum Gasteiger partial charge on any atom is 0.338 e. The van der Waals surface area contributed by atoms with Gasteiger partial charge in [0, 0.05) is 10.6 Å². The molecule has 0 aromatic heterocycles. The quantitative estimate of drug-likeness (QED) is 0.484. The van der Waals surface area contributed by atoms with Gasteiger partial charge in [0.05, 0.1) is 5.56 Å². The molecule has 0 heterocycles. The highest BCUT2D eigenvalue weighted by Crippen LogP contribution is 2.27. The lowest BCUT2D eigenvalue weighted by Crippen LogP contribution is -2.22. The Labute approximate surface area is 157 Å². The van der Waals surface area contributed by atoms with Gasteiger partial charge in [-0.3, -0.25) is 4.79 Å². The standard InChI is InChI=1S/C20H20N2O3S/c1-12-5-6-16(7-13(12)2)20(24)25-10-18(23)22-19-14(3)8-17(26-11-21)9-15(19)4/h5-9H,10H2,1-4H3,(H,22,23). The molecule has 0 radical (unpaired) electrons. The SMILES string of the molecule is Cc1ccc(C(=O)OCC(=O)Nc2c(C)cc(SC#N)cc2C)cc1C. The summed E-state index contributed by atoms with van der Waals surface area (Å²) in [5, 5.41) is 13.6. The lowest BCUT2D eigenvalue weighted by atomic mass is 10.1. The first-order valence-corrected chi connectivity index (χ1v) is 8.85. The van der Waals surface area contributed by atoms with Crippen molar-refractivity contribution in [1.29, 1.82) is 5.26 Å². The monoisotopic (exact) mass is 368 g/mol. The number of hydrogen-bond donors (Lipinski definition) is 1. The van der Waals surface area contributed by atoms with Gasteiger partial charge < -0.3 is 10.1 Å². The molecule has 134 valence electrons. The molecule has 6 heteroatoms. The van der Waals surface area contributed by atoms with Crippen LogP contribution in [0.4, 0.5) is 5.69 Å². The predicted octanol–water partition coefficient (Wildman–Crippen LogP) is 4.29. The second-order valence-corrected chi connectivity index (χ2v) is 6.91. The number of aryl methyl sites for hydroxylation is 4. The summed E-state index contributed by atoms with van der Waals surface area (Å²) in [7, 11) is 0. The molecule has 26 heavy (non-hydrogen) atoms. The third-order valence-corrected chi connectivity index (χ3v) is 4.57. The zero-order chi connectivity index (χ0) is 19.3. The lowest BCUT2D eigenvalue weighted by molar-refractivity contribution is -0.119. The first kappa shape index (κ1) is 19.5. The molecule has 0 spiro atoms. The fourth-order valence-electron chi connectivity index (χ4n) is 2.49. The summed E-state index contributed by atoms with van der Waals surface area (Å²) in [5.41, 5.74) is 4.85. The average molecular weight is 368 g/mol. The maximum atomic E-state index is 12.1. The maximum absolute atomic E-state index is 12.1. The summed E-state index contributed by atoms with van der Waals surface area (Å²) in [6, 6.07) is 8.94. The van der Waals surface area contributed by atoms with E-state index in [1.54, 1.807) is 12.1 Å². The molecule has 2 rings (SSSR count). The van der Waals surface area contributed by atoms with E-state index in [1.807, 2.05) is 51.3 Å². The molecule has 0 aliphatic carbocycles. The molecule has 0 atom stereocenters. The van der Waals surface area contributed by atoms with Crippen LogP contribution >= 0.6 is 11.8 Å². The molecule has 0 bridgehead atoms. The fourth-order valence-corrected chi connectivity index (χ4v) is 3.07. The van der Waals surface area contributed by atoms with Crippen molar-refractivity contribution in [2.24, 2.45) is 0 Å². The number of carbonyl (C=O) groups excluding carboxylic acids is 2. The molecular formula is C20H20N2O3S. The van der Waals surface area contributed by atoms with Gasteiger partial charge in [0.25, 0.3) is 5.91 Å². The Balaban J connectivity index is 2.00. The average Bonchev–Trinajstić information content (AvgIpc) is 2.58. The Morgan fingerprint density at radius 3 is 2.27 bits per heavy atom. The molecule has 0 saturated heterocycles. The zero-order valence-corrected chi connectivity index (χ0v) is 16.0. The van der Waals surface area contributed by atoms with Crippen molar-refractivity contribution in [2.45, 2.75) is 32.6 Å². The normalized spacial score (nSPS) is 10.1. The smallest absolute Gasteiger partial charge is 0.338 e. The van der Waals surface area contributed by atoms with Crippen LogP contribution in [0.15, 0.2) is 35.2 Å². The van der Waals surface area contributed by atoms with Crippen molar-refractivity contribution < 1.29 is 14.3 Å². The summed E-state index contributed by atoms with van der Waals surface area (Å²) < 4.78 is 5.10. The van der Waals surface area contributed by atoms with E-state index in [-0.39, 0.29) is 6.61 Å². The van der Waals surface area contributed by atoms with Crippen LogP contribution in [-0.2, 0) is 9.53 Å². The van der Waals surface area contributed by atoms with Crippen molar-refractivity contribution in [3.05, 3.63) is 58.1 Å². The van der Waals surface area contributed by atoms with Gasteiger partial charge in [0.2, 0.25) is 0 Å². The number of thiocyanates is 1. The minimum absolute atomic E-state index is 0.362. The van der Waals surface area contributed by atoms with Crippen LogP contribution in [0.5, 0.6) is 0 Å².